The molecule has 0 amide bonds. The molecule has 0 unspecified atom stereocenters. The van der Waals surface area contributed by atoms with Crippen LogP contribution in [0.25, 0.3) is 0 Å². The molecule has 0 atom stereocenters. The third-order valence-electron chi connectivity index (χ3n) is 3.10. The lowest BCUT2D eigenvalue weighted by molar-refractivity contribution is 0.0732. The smallest absolute Gasteiger partial charge is 0.343 e. The summed E-state index contributed by atoms with van der Waals surface area (Å²) < 4.78 is 18.3. The van der Waals surface area contributed by atoms with E-state index in [1.165, 1.54) is 0 Å². The molecule has 0 saturated carbocycles. The minimum absolute atomic E-state index is 0.426. The molecule has 0 aromatic heterocycles. The van der Waals surface area contributed by atoms with Gasteiger partial charge < -0.3 is 14.2 Å². The molecule has 0 fully saturated rings. The van der Waals surface area contributed by atoms with E-state index in [0.717, 1.165) is 10.0 Å². The minimum Gasteiger partial charge on any atom is -0.490 e. The van der Waals surface area contributed by atoms with Gasteiger partial charge in [0.25, 0.3) is 0 Å². The Morgan fingerprint density at radius 3 is 2.42 bits per heavy atom. The predicted octanol–water partition coefficient (Wildman–Crippen LogP) is 5.53. The lowest BCUT2D eigenvalue weighted by Gasteiger charge is -2.12. The summed E-state index contributed by atoms with van der Waals surface area (Å²) in [6, 6.07) is 8.78. The molecule has 24 heavy (non-hydrogen) atoms. The monoisotopic (exact) mass is 520 g/mol. The first kappa shape index (κ1) is 19.4. The van der Waals surface area contributed by atoms with E-state index in [-0.39, 0.29) is 0 Å². The summed E-state index contributed by atoms with van der Waals surface area (Å²) in [6.45, 7) is 2.80. The number of hydrogen-bond acceptors (Lipinski definition) is 4. The Kier molecular flexibility index (Phi) is 7.28. The zero-order valence-corrected chi connectivity index (χ0v) is 17.8. The molecule has 2 aromatic rings. The molecular weight excluding hydrogens is 508 g/mol. The first-order chi connectivity index (χ1) is 11.4. The van der Waals surface area contributed by atoms with Crippen LogP contribution in [0.2, 0.25) is 0 Å². The van der Waals surface area contributed by atoms with Crippen molar-refractivity contribution in [2.24, 2.45) is 0 Å². The van der Waals surface area contributed by atoms with Gasteiger partial charge in [0.15, 0.2) is 0 Å². The molecule has 0 aliphatic rings. The van der Waals surface area contributed by atoms with Gasteiger partial charge in [0.1, 0.15) is 18.1 Å². The van der Waals surface area contributed by atoms with Gasteiger partial charge in [-0.3, -0.25) is 0 Å². The van der Waals surface area contributed by atoms with E-state index in [9.17, 15) is 4.79 Å². The minimum atomic E-state index is -0.440. The quantitative estimate of drug-likeness (QED) is 0.284. The molecule has 0 saturated heterocycles. The largest absolute Gasteiger partial charge is 0.490 e. The van der Waals surface area contributed by atoms with Gasteiger partial charge in [-0.1, -0.05) is 15.9 Å². The van der Waals surface area contributed by atoms with Crippen LogP contribution in [-0.4, -0.2) is 26.3 Å². The van der Waals surface area contributed by atoms with E-state index in [1.807, 2.05) is 19.1 Å². The van der Waals surface area contributed by atoms with Gasteiger partial charge in [-0.15, -0.1) is 0 Å². The first-order valence-corrected chi connectivity index (χ1v) is 9.39. The topological polar surface area (TPSA) is 44.8 Å². The van der Waals surface area contributed by atoms with Crippen LogP contribution in [0.3, 0.4) is 0 Å². The molecule has 2 rings (SSSR count). The van der Waals surface area contributed by atoms with Gasteiger partial charge in [-0.25, -0.2) is 4.79 Å². The number of ether oxygens (including phenoxy) is 3. The van der Waals surface area contributed by atoms with Crippen molar-refractivity contribution in [1.82, 2.24) is 0 Å². The van der Waals surface area contributed by atoms with Crippen molar-refractivity contribution in [3.8, 4) is 11.5 Å². The molecule has 128 valence electrons. The van der Waals surface area contributed by atoms with E-state index in [0.29, 0.717) is 39.2 Å². The van der Waals surface area contributed by atoms with Crippen LogP contribution in [0.5, 0.6) is 11.5 Å². The predicted molar refractivity (Wildman–Crippen MR) is 103 cm³/mol. The molecular formula is C17H15Br3O4. The number of carbonyl (C=O) groups excluding carboxylic acids is 1. The second-order valence-electron chi connectivity index (χ2n) is 4.91. The number of carbonyl (C=O) groups is 1. The highest BCUT2D eigenvalue weighted by molar-refractivity contribution is 9.11. The zero-order valence-electron chi connectivity index (χ0n) is 13.1. The maximum absolute atomic E-state index is 12.4. The third kappa shape index (κ3) is 5.05. The normalized spacial score (nSPS) is 10.5. The van der Waals surface area contributed by atoms with Crippen molar-refractivity contribution in [3.05, 3.63) is 54.9 Å². The van der Waals surface area contributed by atoms with Crippen LogP contribution < -0.4 is 9.47 Å². The molecule has 0 spiro atoms. The van der Waals surface area contributed by atoms with Gasteiger partial charge in [-0.2, -0.15) is 0 Å². The fourth-order valence-electron chi connectivity index (χ4n) is 1.95. The molecule has 2 aromatic carbocycles. The number of halogens is 3. The molecule has 4 nitrogen and oxygen atoms in total. The van der Waals surface area contributed by atoms with E-state index < -0.39 is 5.97 Å². The van der Waals surface area contributed by atoms with Crippen LogP contribution in [0.4, 0.5) is 0 Å². The fraction of sp³-hybridized carbons (Fsp3) is 0.235. The maximum atomic E-state index is 12.4. The lowest BCUT2D eigenvalue weighted by Crippen LogP contribution is -2.10. The molecule has 7 heteroatoms. The molecule has 0 bridgehead atoms. The van der Waals surface area contributed by atoms with Crippen molar-refractivity contribution in [2.45, 2.75) is 6.92 Å². The second kappa shape index (κ2) is 8.99. The highest BCUT2D eigenvalue weighted by Gasteiger charge is 2.15. The summed E-state index contributed by atoms with van der Waals surface area (Å²) in [5.74, 6) is 0.703. The average Bonchev–Trinajstić information content (AvgIpc) is 2.52. The Labute approximate surface area is 165 Å². The Morgan fingerprint density at radius 2 is 1.79 bits per heavy atom. The standard InChI is InChI=1S/C17H15Br3O4/c1-10-7-12(18)9-14(20)16(10)24-17(21)11-3-4-15(13(19)8-11)23-6-5-22-2/h3-4,7-9H,5-6H2,1-2H3. The number of hydrogen-bond donors (Lipinski definition) is 0. The van der Waals surface area contributed by atoms with Gasteiger partial charge >= 0.3 is 5.97 Å². The summed E-state index contributed by atoms with van der Waals surface area (Å²) in [4.78, 5) is 12.4. The Hall–Kier alpha value is -0.890. The van der Waals surface area contributed by atoms with Crippen LogP contribution in [0.15, 0.2) is 43.7 Å². The summed E-state index contributed by atoms with van der Waals surface area (Å²) in [6.07, 6.45) is 0. The number of benzene rings is 2. The van der Waals surface area contributed by atoms with E-state index in [1.54, 1.807) is 25.3 Å². The number of esters is 1. The van der Waals surface area contributed by atoms with Crippen molar-refractivity contribution in [3.63, 3.8) is 0 Å². The molecule has 0 radical (unpaired) electrons. The molecule has 0 heterocycles. The zero-order chi connectivity index (χ0) is 17.7. The van der Waals surface area contributed by atoms with Gasteiger partial charge in [0.2, 0.25) is 0 Å². The SMILES string of the molecule is COCCOc1ccc(C(=O)Oc2c(C)cc(Br)cc2Br)cc1Br. The Balaban J connectivity index is 2.14. The summed E-state index contributed by atoms with van der Waals surface area (Å²) in [5, 5.41) is 0. The molecule has 0 aliphatic heterocycles. The second-order valence-corrected chi connectivity index (χ2v) is 7.53. The fourth-order valence-corrected chi connectivity index (χ4v) is 3.96. The van der Waals surface area contributed by atoms with Crippen LogP contribution >= 0.6 is 47.8 Å². The highest BCUT2D eigenvalue weighted by Crippen LogP contribution is 2.33. The summed E-state index contributed by atoms with van der Waals surface area (Å²) in [5.41, 5.74) is 1.28. The number of methoxy groups -OCH3 is 1. The van der Waals surface area contributed by atoms with Crippen LogP contribution in [-0.2, 0) is 4.74 Å². The lowest BCUT2D eigenvalue weighted by atomic mass is 10.2. The van der Waals surface area contributed by atoms with E-state index in [4.69, 9.17) is 14.2 Å². The van der Waals surface area contributed by atoms with Crippen LogP contribution in [0, 0.1) is 6.92 Å². The summed E-state index contributed by atoms with van der Waals surface area (Å²) >= 11 is 10.2. The highest BCUT2D eigenvalue weighted by atomic mass is 79.9. The van der Waals surface area contributed by atoms with Gasteiger partial charge in [-0.05, 0) is 74.7 Å². The average molecular weight is 523 g/mol. The van der Waals surface area contributed by atoms with E-state index in [2.05, 4.69) is 47.8 Å². The Bertz CT molecular complexity index is 724. The van der Waals surface area contributed by atoms with Gasteiger partial charge in [0, 0.05) is 11.6 Å². The van der Waals surface area contributed by atoms with E-state index >= 15 is 0 Å². The Morgan fingerprint density at radius 1 is 1.04 bits per heavy atom. The van der Waals surface area contributed by atoms with Crippen molar-refractivity contribution < 1.29 is 19.0 Å². The van der Waals surface area contributed by atoms with Crippen LogP contribution in [0.1, 0.15) is 15.9 Å². The molecule has 0 N–H and O–H groups in total. The number of aryl methyl sites for hydroxylation is 1. The van der Waals surface area contributed by atoms with Crippen molar-refractivity contribution in [2.75, 3.05) is 20.3 Å². The van der Waals surface area contributed by atoms with Crippen molar-refractivity contribution >= 4 is 53.8 Å². The molecule has 0 aliphatic carbocycles. The summed E-state index contributed by atoms with van der Waals surface area (Å²) in [7, 11) is 1.61. The first-order valence-electron chi connectivity index (χ1n) is 7.01. The van der Waals surface area contributed by atoms with Gasteiger partial charge in [0.05, 0.1) is 21.1 Å². The number of rotatable bonds is 6. The maximum Gasteiger partial charge on any atom is 0.343 e. The third-order valence-corrected chi connectivity index (χ3v) is 4.77. The van der Waals surface area contributed by atoms with Crippen molar-refractivity contribution in [1.29, 1.82) is 0 Å².